The normalized spacial score (nSPS) is 22.7. The first-order chi connectivity index (χ1) is 11.5. The first-order valence-electron chi connectivity index (χ1n) is 8.40. The van der Waals surface area contributed by atoms with Gasteiger partial charge in [-0.1, -0.05) is 6.92 Å². The molecule has 1 aromatic carbocycles. The van der Waals surface area contributed by atoms with E-state index in [1.165, 1.54) is 12.1 Å². The summed E-state index contributed by atoms with van der Waals surface area (Å²) in [6, 6.07) is 6.12. The number of ether oxygens (including phenoxy) is 2. The molecule has 2 aliphatic heterocycles. The molecule has 1 aromatic rings. The zero-order valence-corrected chi connectivity index (χ0v) is 14.6. The van der Waals surface area contributed by atoms with Crippen LogP contribution in [-0.4, -0.2) is 57.1 Å². The zero-order chi connectivity index (χ0) is 17.2. The van der Waals surface area contributed by atoms with Crippen molar-refractivity contribution >= 4 is 15.7 Å². The quantitative estimate of drug-likeness (QED) is 0.826. The third-order valence-electron chi connectivity index (χ3n) is 4.61. The Kier molecular flexibility index (Phi) is 5.22. The van der Waals surface area contributed by atoms with E-state index in [0.29, 0.717) is 25.3 Å². The number of sulfone groups is 1. The van der Waals surface area contributed by atoms with Gasteiger partial charge in [0.2, 0.25) is 0 Å². The molecular formula is C17H23NO5S. The number of rotatable bonds is 4. The van der Waals surface area contributed by atoms with Crippen LogP contribution in [0.5, 0.6) is 0 Å². The number of likely N-dealkylation sites (tertiary alicyclic amines) is 1. The molecule has 0 spiro atoms. The zero-order valence-electron chi connectivity index (χ0n) is 13.8. The molecule has 1 atom stereocenters. The Bertz CT molecular complexity index is 679. The molecule has 0 N–H and O–H groups in total. The molecule has 0 aromatic heterocycles. The molecule has 1 amide bonds. The third-order valence-corrected chi connectivity index (χ3v) is 6.36. The van der Waals surface area contributed by atoms with Crippen LogP contribution in [0.4, 0.5) is 0 Å². The number of hydrogen-bond acceptors (Lipinski definition) is 5. The van der Waals surface area contributed by atoms with Crippen LogP contribution in [0, 0.1) is 0 Å². The Morgan fingerprint density at radius 3 is 2.46 bits per heavy atom. The fraction of sp³-hybridized carbons (Fsp3) is 0.588. The monoisotopic (exact) mass is 353 g/mol. The first-order valence-corrected chi connectivity index (χ1v) is 10.0. The maximum Gasteiger partial charge on any atom is 0.254 e. The van der Waals surface area contributed by atoms with Crippen LogP contribution in [0.15, 0.2) is 29.2 Å². The van der Waals surface area contributed by atoms with Gasteiger partial charge in [0.25, 0.3) is 5.91 Å². The minimum absolute atomic E-state index is 0.0465. The largest absolute Gasteiger partial charge is 0.348 e. The SMILES string of the molecule is CCS(=O)(=O)c1ccc(C(=O)N2CCCCC2C2OCCO2)cc1. The lowest BCUT2D eigenvalue weighted by molar-refractivity contribution is -0.100. The highest BCUT2D eigenvalue weighted by Gasteiger charge is 2.36. The van der Waals surface area contributed by atoms with E-state index in [9.17, 15) is 13.2 Å². The lowest BCUT2D eigenvalue weighted by atomic mass is 10.00. The van der Waals surface area contributed by atoms with Gasteiger partial charge in [-0.2, -0.15) is 0 Å². The molecule has 2 heterocycles. The van der Waals surface area contributed by atoms with Crippen molar-refractivity contribution in [3.63, 3.8) is 0 Å². The lowest BCUT2D eigenvalue weighted by Crippen LogP contribution is -2.50. The molecule has 3 rings (SSSR count). The second kappa shape index (κ2) is 7.21. The van der Waals surface area contributed by atoms with E-state index in [-0.39, 0.29) is 28.9 Å². The van der Waals surface area contributed by atoms with E-state index in [1.807, 2.05) is 4.90 Å². The Morgan fingerprint density at radius 1 is 1.17 bits per heavy atom. The van der Waals surface area contributed by atoms with Gasteiger partial charge in [0, 0.05) is 12.1 Å². The summed E-state index contributed by atoms with van der Waals surface area (Å²) in [6.45, 7) is 3.40. The van der Waals surface area contributed by atoms with E-state index in [0.717, 1.165) is 19.3 Å². The molecule has 2 aliphatic rings. The highest BCUT2D eigenvalue weighted by Crippen LogP contribution is 2.26. The van der Waals surface area contributed by atoms with Crippen LogP contribution in [0.3, 0.4) is 0 Å². The van der Waals surface area contributed by atoms with Crippen molar-refractivity contribution in [1.82, 2.24) is 4.90 Å². The van der Waals surface area contributed by atoms with Gasteiger partial charge in [0.1, 0.15) is 0 Å². The summed E-state index contributed by atoms with van der Waals surface area (Å²) >= 11 is 0. The molecule has 2 saturated heterocycles. The minimum atomic E-state index is -3.25. The molecule has 24 heavy (non-hydrogen) atoms. The van der Waals surface area contributed by atoms with Crippen molar-refractivity contribution in [3.05, 3.63) is 29.8 Å². The maximum atomic E-state index is 12.9. The summed E-state index contributed by atoms with van der Waals surface area (Å²) in [6.07, 6.45) is 2.51. The average molecular weight is 353 g/mol. The van der Waals surface area contributed by atoms with Gasteiger partial charge >= 0.3 is 0 Å². The number of amides is 1. The Balaban J connectivity index is 1.79. The molecule has 0 radical (unpaired) electrons. The van der Waals surface area contributed by atoms with Gasteiger partial charge < -0.3 is 14.4 Å². The van der Waals surface area contributed by atoms with Crippen molar-refractivity contribution < 1.29 is 22.7 Å². The number of hydrogen-bond donors (Lipinski definition) is 0. The average Bonchev–Trinajstić information content (AvgIpc) is 3.16. The van der Waals surface area contributed by atoms with Gasteiger partial charge in [-0.25, -0.2) is 8.42 Å². The van der Waals surface area contributed by atoms with Crippen LogP contribution < -0.4 is 0 Å². The Morgan fingerprint density at radius 2 is 1.83 bits per heavy atom. The Hall–Kier alpha value is -1.44. The van der Waals surface area contributed by atoms with Crippen molar-refractivity contribution in [1.29, 1.82) is 0 Å². The number of carbonyl (C=O) groups excluding carboxylic acids is 1. The summed E-state index contributed by atoms with van der Waals surface area (Å²) < 4.78 is 34.9. The summed E-state index contributed by atoms with van der Waals surface area (Å²) in [5.41, 5.74) is 0.495. The number of piperidine rings is 1. The number of carbonyl (C=O) groups is 1. The summed E-state index contributed by atoms with van der Waals surface area (Å²) in [5, 5.41) is 0. The summed E-state index contributed by atoms with van der Waals surface area (Å²) in [4.78, 5) is 14.9. The molecule has 6 nitrogen and oxygen atoms in total. The second-order valence-corrected chi connectivity index (χ2v) is 8.38. The third kappa shape index (κ3) is 3.48. The van der Waals surface area contributed by atoms with Gasteiger partial charge in [0.15, 0.2) is 16.1 Å². The topological polar surface area (TPSA) is 72.9 Å². The molecule has 2 fully saturated rings. The molecular weight excluding hydrogens is 330 g/mol. The molecule has 1 unspecified atom stereocenters. The predicted octanol–water partition coefficient (Wildman–Crippen LogP) is 1.85. The van der Waals surface area contributed by atoms with Crippen LogP contribution in [0.2, 0.25) is 0 Å². The molecule has 0 bridgehead atoms. The molecule has 0 saturated carbocycles. The van der Waals surface area contributed by atoms with E-state index < -0.39 is 9.84 Å². The van der Waals surface area contributed by atoms with E-state index in [2.05, 4.69) is 0 Å². The van der Waals surface area contributed by atoms with Crippen molar-refractivity contribution in [3.8, 4) is 0 Å². The maximum absolute atomic E-state index is 12.9. The summed E-state index contributed by atoms with van der Waals surface area (Å²) in [7, 11) is -3.25. The molecule has 132 valence electrons. The number of benzene rings is 1. The lowest BCUT2D eigenvalue weighted by Gasteiger charge is -2.38. The van der Waals surface area contributed by atoms with E-state index >= 15 is 0 Å². The highest BCUT2D eigenvalue weighted by molar-refractivity contribution is 7.91. The van der Waals surface area contributed by atoms with Crippen LogP contribution >= 0.6 is 0 Å². The fourth-order valence-corrected chi connectivity index (χ4v) is 4.11. The van der Waals surface area contributed by atoms with Gasteiger partial charge in [-0.15, -0.1) is 0 Å². The smallest absolute Gasteiger partial charge is 0.254 e. The van der Waals surface area contributed by atoms with Crippen molar-refractivity contribution in [2.75, 3.05) is 25.5 Å². The minimum Gasteiger partial charge on any atom is -0.348 e. The number of nitrogens with zero attached hydrogens (tertiary/aromatic N) is 1. The Labute approximate surface area is 142 Å². The highest BCUT2D eigenvalue weighted by atomic mass is 32.2. The van der Waals surface area contributed by atoms with Crippen molar-refractivity contribution in [2.45, 2.75) is 43.4 Å². The van der Waals surface area contributed by atoms with E-state index in [1.54, 1.807) is 19.1 Å². The van der Waals surface area contributed by atoms with Crippen molar-refractivity contribution in [2.24, 2.45) is 0 Å². The fourth-order valence-electron chi connectivity index (χ4n) is 3.23. The van der Waals surface area contributed by atoms with Crippen LogP contribution in [0.25, 0.3) is 0 Å². The first kappa shape index (κ1) is 17.4. The van der Waals surface area contributed by atoms with E-state index in [4.69, 9.17) is 9.47 Å². The van der Waals surface area contributed by atoms with Crippen LogP contribution in [0.1, 0.15) is 36.5 Å². The molecule has 7 heteroatoms. The van der Waals surface area contributed by atoms with Gasteiger partial charge in [-0.05, 0) is 43.5 Å². The van der Waals surface area contributed by atoms with Gasteiger partial charge in [0.05, 0.1) is 29.9 Å². The predicted molar refractivity (Wildman–Crippen MR) is 88.5 cm³/mol. The van der Waals surface area contributed by atoms with Crippen LogP contribution in [-0.2, 0) is 19.3 Å². The second-order valence-electron chi connectivity index (χ2n) is 6.10. The summed E-state index contributed by atoms with van der Waals surface area (Å²) in [5.74, 6) is -0.0514. The standard InChI is InChI=1S/C17H23NO5S/c1-2-24(20,21)14-8-6-13(7-9-14)16(19)18-10-4-3-5-15(18)17-22-11-12-23-17/h6-9,15,17H,2-5,10-12H2,1H3. The van der Waals surface area contributed by atoms with Gasteiger partial charge in [-0.3, -0.25) is 4.79 Å². The molecule has 0 aliphatic carbocycles.